The molecular weight excluding hydrogens is 515 g/mol. The number of para-hydroxylation sites is 2. The van der Waals surface area contributed by atoms with Gasteiger partial charge in [-0.05, 0) is 41.8 Å². The fourth-order valence-electron chi connectivity index (χ4n) is 3.08. The molecule has 0 atom stereocenters. The number of alkyl halides is 2. The molecule has 0 bridgehead atoms. The minimum Gasteiger partial charge on any atom is -0.423 e. The largest absolute Gasteiger partial charge is 0.423 e. The molecule has 0 aliphatic carbocycles. The molecular formula is C26H23Cl3O6. The highest BCUT2D eigenvalue weighted by Gasteiger charge is 2.09. The molecule has 35 heavy (non-hydrogen) atoms. The van der Waals surface area contributed by atoms with Gasteiger partial charge < -0.3 is 8.83 Å². The van der Waals surface area contributed by atoms with Gasteiger partial charge in [-0.2, -0.15) is 0 Å². The summed E-state index contributed by atoms with van der Waals surface area (Å²) in [5, 5.41) is 1.43. The number of hydrogen-bond acceptors (Lipinski definition) is 6. The molecule has 184 valence electrons. The van der Waals surface area contributed by atoms with Gasteiger partial charge >= 0.3 is 11.3 Å². The van der Waals surface area contributed by atoms with Crippen molar-refractivity contribution in [1.29, 1.82) is 0 Å². The quantitative estimate of drug-likeness (QED) is 0.170. The van der Waals surface area contributed by atoms with Gasteiger partial charge in [-0.1, -0.05) is 36.4 Å². The van der Waals surface area contributed by atoms with Crippen LogP contribution in [0.1, 0.15) is 24.0 Å². The van der Waals surface area contributed by atoms with Crippen LogP contribution in [0.5, 0.6) is 0 Å². The average Bonchev–Trinajstić information content (AvgIpc) is 2.80. The Morgan fingerprint density at radius 2 is 1.29 bits per heavy atom. The maximum absolute atomic E-state index is 11.6. The monoisotopic (exact) mass is 536 g/mol. The van der Waals surface area contributed by atoms with Crippen molar-refractivity contribution in [2.75, 3.05) is 11.8 Å². The summed E-state index contributed by atoms with van der Waals surface area (Å²) in [6, 6.07) is 17.6. The Kier molecular flexibility index (Phi) is 11.7. The standard InChI is InChI=1S/C13H11ClO3.C10H8O2.C3H4Cl2O/c14-6-5-10(15)7-9-8-13(16)17-12-4-2-1-3-11(9)12;1-7-6-10(11)12-9-5-3-2-4-8(7)9;4-2-1-3(5)6/h1-4,8H,5-7H2;2-6H,1H3;1-2H2. The van der Waals surface area contributed by atoms with Crippen LogP contribution in [0.4, 0.5) is 0 Å². The van der Waals surface area contributed by atoms with Crippen LogP contribution in [0.2, 0.25) is 0 Å². The molecule has 0 fully saturated rings. The molecule has 0 aliphatic heterocycles. The van der Waals surface area contributed by atoms with Gasteiger partial charge in [0, 0.05) is 53.9 Å². The number of rotatable bonds is 6. The van der Waals surface area contributed by atoms with Crippen LogP contribution in [0.15, 0.2) is 79.1 Å². The second-order valence-corrected chi connectivity index (χ2v) is 8.46. The van der Waals surface area contributed by atoms with Crippen LogP contribution >= 0.6 is 34.8 Å². The Bertz CT molecular complexity index is 1410. The second-order valence-electron chi connectivity index (χ2n) is 7.28. The van der Waals surface area contributed by atoms with Crippen LogP contribution in [0, 0.1) is 6.92 Å². The highest BCUT2D eigenvalue weighted by atomic mass is 35.5. The molecule has 6 nitrogen and oxygen atoms in total. The predicted octanol–water partition coefficient (Wildman–Crippen LogP) is 6.02. The molecule has 4 aromatic rings. The maximum atomic E-state index is 11.6. The molecule has 0 unspecified atom stereocenters. The summed E-state index contributed by atoms with van der Waals surface area (Å²) >= 11 is 15.5. The number of benzene rings is 2. The first kappa shape index (κ1) is 28.3. The van der Waals surface area contributed by atoms with Crippen molar-refractivity contribution in [3.05, 3.63) is 92.6 Å². The number of aryl methyl sites for hydroxylation is 1. The zero-order valence-corrected chi connectivity index (χ0v) is 21.2. The highest BCUT2D eigenvalue weighted by Crippen LogP contribution is 2.17. The van der Waals surface area contributed by atoms with E-state index in [0.717, 1.165) is 16.3 Å². The van der Waals surface area contributed by atoms with Gasteiger partial charge in [-0.15, -0.1) is 23.2 Å². The van der Waals surface area contributed by atoms with Crippen molar-refractivity contribution < 1.29 is 18.4 Å². The second kappa shape index (κ2) is 14.5. The lowest BCUT2D eigenvalue weighted by molar-refractivity contribution is -0.118. The van der Waals surface area contributed by atoms with E-state index >= 15 is 0 Å². The summed E-state index contributed by atoms with van der Waals surface area (Å²) in [4.78, 5) is 43.6. The Labute approximate surface area is 216 Å². The Morgan fingerprint density at radius 1 is 0.771 bits per heavy atom. The molecule has 0 radical (unpaired) electrons. The fraction of sp³-hybridized carbons (Fsp3) is 0.231. The topological polar surface area (TPSA) is 94.6 Å². The third kappa shape index (κ3) is 9.32. The van der Waals surface area contributed by atoms with Gasteiger partial charge in [-0.3, -0.25) is 9.59 Å². The molecule has 2 heterocycles. The van der Waals surface area contributed by atoms with Crippen LogP contribution < -0.4 is 11.3 Å². The van der Waals surface area contributed by atoms with E-state index in [1.54, 1.807) is 18.2 Å². The average molecular weight is 538 g/mol. The summed E-state index contributed by atoms with van der Waals surface area (Å²) in [6.07, 6.45) is 0.804. The van der Waals surface area contributed by atoms with Crippen molar-refractivity contribution in [3.8, 4) is 0 Å². The SMILES string of the molecule is Cc1cc(=O)oc2ccccc12.O=C(CCCl)Cc1cc(=O)oc2ccccc12.O=C(Cl)CCCl. The molecule has 0 aliphatic rings. The van der Waals surface area contributed by atoms with Crippen LogP contribution in [-0.2, 0) is 16.0 Å². The van der Waals surface area contributed by atoms with Crippen molar-refractivity contribution in [2.24, 2.45) is 0 Å². The van der Waals surface area contributed by atoms with E-state index in [1.807, 2.05) is 37.3 Å². The summed E-state index contributed by atoms with van der Waals surface area (Å²) < 4.78 is 10.0. The summed E-state index contributed by atoms with van der Waals surface area (Å²) in [7, 11) is 0. The predicted molar refractivity (Wildman–Crippen MR) is 140 cm³/mol. The molecule has 0 saturated carbocycles. The number of halogens is 3. The molecule has 0 N–H and O–H groups in total. The van der Waals surface area contributed by atoms with E-state index in [-0.39, 0.29) is 29.5 Å². The minimum atomic E-state index is -0.433. The molecule has 9 heteroatoms. The maximum Gasteiger partial charge on any atom is 0.336 e. The van der Waals surface area contributed by atoms with Crippen LogP contribution in [0.3, 0.4) is 0 Å². The normalized spacial score (nSPS) is 10.2. The van der Waals surface area contributed by atoms with Gasteiger partial charge in [-0.25, -0.2) is 9.59 Å². The number of hydrogen-bond donors (Lipinski definition) is 0. The van der Waals surface area contributed by atoms with Gasteiger partial charge in [0.2, 0.25) is 5.24 Å². The smallest absolute Gasteiger partial charge is 0.336 e. The lowest BCUT2D eigenvalue weighted by Crippen LogP contribution is -2.07. The van der Waals surface area contributed by atoms with E-state index in [2.05, 4.69) is 0 Å². The molecule has 0 saturated heterocycles. The Balaban J connectivity index is 0.000000209. The fourth-order valence-corrected chi connectivity index (χ4v) is 3.65. The van der Waals surface area contributed by atoms with E-state index < -0.39 is 5.63 Å². The highest BCUT2D eigenvalue weighted by molar-refractivity contribution is 6.63. The molecule has 0 spiro atoms. The molecule has 0 amide bonds. The zero-order valence-electron chi connectivity index (χ0n) is 18.9. The lowest BCUT2D eigenvalue weighted by Gasteiger charge is -2.03. The van der Waals surface area contributed by atoms with Crippen LogP contribution in [0.25, 0.3) is 21.9 Å². The number of Topliss-reactive ketones (excluding diaryl/α,β-unsaturated/α-hetero) is 1. The van der Waals surface area contributed by atoms with Gasteiger partial charge in [0.25, 0.3) is 0 Å². The molecule has 4 rings (SSSR count). The summed E-state index contributed by atoms with van der Waals surface area (Å²) in [5.74, 6) is 0.649. The van der Waals surface area contributed by atoms with E-state index in [9.17, 15) is 19.2 Å². The number of ketones is 1. The number of carbonyl (C=O) groups excluding carboxylic acids is 2. The summed E-state index contributed by atoms with van der Waals surface area (Å²) in [6.45, 7) is 1.90. The Hall–Kier alpha value is -2.93. The lowest BCUT2D eigenvalue weighted by atomic mass is 10.0. The Morgan fingerprint density at radius 3 is 1.83 bits per heavy atom. The first-order valence-corrected chi connectivity index (χ1v) is 12.0. The molecule has 2 aromatic carbocycles. The van der Waals surface area contributed by atoms with E-state index in [4.69, 9.17) is 43.6 Å². The first-order chi connectivity index (χ1) is 16.7. The van der Waals surface area contributed by atoms with Gasteiger partial charge in [0.05, 0.1) is 0 Å². The zero-order chi connectivity index (χ0) is 25.8. The first-order valence-electron chi connectivity index (χ1n) is 10.6. The van der Waals surface area contributed by atoms with Crippen LogP contribution in [-0.4, -0.2) is 22.8 Å². The van der Waals surface area contributed by atoms with Crippen molar-refractivity contribution in [1.82, 2.24) is 0 Å². The minimum absolute atomic E-state index is 0.0238. The van der Waals surface area contributed by atoms with Gasteiger partial charge in [0.1, 0.15) is 16.9 Å². The summed E-state index contributed by atoms with van der Waals surface area (Å²) in [5.41, 5.74) is 2.11. The number of fused-ring (bicyclic) bond motifs is 2. The van der Waals surface area contributed by atoms with E-state index in [1.165, 1.54) is 12.1 Å². The van der Waals surface area contributed by atoms with Gasteiger partial charge in [0.15, 0.2) is 0 Å². The third-order valence-corrected chi connectivity index (χ3v) is 5.21. The van der Waals surface area contributed by atoms with Crippen molar-refractivity contribution in [3.63, 3.8) is 0 Å². The molecule has 2 aromatic heterocycles. The third-order valence-electron chi connectivity index (χ3n) is 4.64. The van der Waals surface area contributed by atoms with Crippen molar-refractivity contribution in [2.45, 2.75) is 26.2 Å². The number of carbonyl (C=O) groups is 2. The van der Waals surface area contributed by atoms with E-state index in [0.29, 0.717) is 34.9 Å². The van der Waals surface area contributed by atoms with Crippen molar-refractivity contribution >= 4 is 67.8 Å².